The second-order valence-corrected chi connectivity index (χ2v) is 3.93. The van der Waals surface area contributed by atoms with Crippen LogP contribution in [0.2, 0.25) is 6.04 Å². The van der Waals surface area contributed by atoms with Crippen molar-refractivity contribution in [2.24, 2.45) is 0 Å². The maximum absolute atomic E-state index is 4.97. The second-order valence-electron chi connectivity index (χ2n) is 1.31. The molecule has 0 bridgehead atoms. The van der Waals surface area contributed by atoms with E-state index in [4.69, 9.17) is 8.85 Å². The molecule has 0 aliphatic rings. The van der Waals surface area contributed by atoms with E-state index < -0.39 is 9.28 Å². The van der Waals surface area contributed by atoms with Gasteiger partial charge in [0.15, 0.2) is 0 Å². The van der Waals surface area contributed by atoms with Gasteiger partial charge in [-0.05, 0) is 6.04 Å². The van der Waals surface area contributed by atoms with Crippen LogP contribution in [-0.4, -0.2) is 23.5 Å². The fourth-order valence-corrected chi connectivity index (χ4v) is 1.29. The summed E-state index contributed by atoms with van der Waals surface area (Å²) in [5.41, 5.74) is 0. The Morgan fingerprint density at radius 1 is 1.29 bits per heavy atom. The third-order valence-electron chi connectivity index (χ3n) is 0.859. The van der Waals surface area contributed by atoms with E-state index in [1.165, 1.54) is 0 Å². The molecule has 0 aromatic carbocycles. The maximum Gasteiger partial charge on any atom is 0.320 e. The van der Waals surface area contributed by atoms with Gasteiger partial charge in [-0.2, -0.15) is 0 Å². The van der Waals surface area contributed by atoms with Crippen LogP contribution < -0.4 is 0 Å². The van der Waals surface area contributed by atoms with E-state index in [0.29, 0.717) is 0 Å². The van der Waals surface area contributed by atoms with Gasteiger partial charge in [0.1, 0.15) is 0 Å². The molecule has 0 spiro atoms. The molecule has 0 saturated heterocycles. The molecule has 0 heterocycles. The van der Waals surface area contributed by atoms with E-state index in [1.54, 1.807) is 14.2 Å². The van der Waals surface area contributed by atoms with Crippen molar-refractivity contribution in [3.63, 3.8) is 0 Å². The van der Waals surface area contributed by atoms with Crippen LogP contribution in [0.3, 0.4) is 0 Å². The Bertz CT molecular complexity index is 31.2. The molecule has 0 aromatic rings. The van der Waals surface area contributed by atoms with Crippen LogP contribution in [0.1, 0.15) is 6.92 Å². The van der Waals surface area contributed by atoms with Crippen molar-refractivity contribution in [1.82, 2.24) is 0 Å². The zero-order valence-corrected chi connectivity index (χ0v) is 6.26. The van der Waals surface area contributed by atoms with E-state index in [-0.39, 0.29) is 0 Å². The lowest BCUT2D eigenvalue weighted by molar-refractivity contribution is 0.279. The zero-order valence-electron chi connectivity index (χ0n) is 5.10. The lowest BCUT2D eigenvalue weighted by Crippen LogP contribution is -2.16. The smallest absolute Gasteiger partial charge is 0.320 e. The first-order valence-corrected chi connectivity index (χ1v) is 4.16. The van der Waals surface area contributed by atoms with E-state index in [0.717, 1.165) is 6.04 Å². The van der Waals surface area contributed by atoms with Gasteiger partial charge in [-0.1, -0.05) is 6.92 Å². The molecule has 0 N–H and O–H groups in total. The first-order valence-electron chi connectivity index (χ1n) is 2.40. The van der Waals surface area contributed by atoms with Gasteiger partial charge >= 0.3 is 9.28 Å². The molecule has 3 heteroatoms. The largest absolute Gasteiger partial charge is 0.400 e. The third-order valence-corrected chi connectivity index (χ3v) is 2.58. The maximum atomic E-state index is 4.97. The number of hydrogen-bond acceptors (Lipinski definition) is 2. The van der Waals surface area contributed by atoms with Crippen LogP contribution in [0.4, 0.5) is 0 Å². The Morgan fingerprint density at radius 3 is 1.71 bits per heavy atom. The minimum atomic E-state index is -1.17. The average Bonchev–Trinajstić information content (AvgIpc) is 1.72. The van der Waals surface area contributed by atoms with Gasteiger partial charge in [-0.15, -0.1) is 0 Å². The molecule has 2 nitrogen and oxygen atoms in total. The quantitative estimate of drug-likeness (QED) is 0.505. The molecule has 7 heavy (non-hydrogen) atoms. The zero-order chi connectivity index (χ0) is 5.70. The first-order chi connectivity index (χ1) is 3.35. The molecular formula is C4H12O2Si. The van der Waals surface area contributed by atoms with Crippen LogP contribution in [0.25, 0.3) is 0 Å². The fraction of sp³-hybridized carbons (Fsp3) is 1.00. The molecule has 0 radical (unpaired) electrons. The molecule has 44 valence electrons. The molecule has 0 unspecified atom stereocenters. The second kappa shape index (κ2) is 4.30. The fourth-order valence-electron chi connectivity index (χ4n) is 0.430. The Hall–Kier alpha value is 0.137. The SMILES string of the molecule is CC[SiH](OC)OC. The summed E-state index contributed by atoms with van der Waals surface area (Å²) in [5.74, 6) is 0. The van der Waals surface area contributed by atoms with Crippen LogP contribution in [0.5, 0.6) is 0 Å². The van der Waals surface area contributed by atoms with Gasteiger partial charge < -0.3 is 8.85 Å². The van der Waals surface area contributed by atoms with Gasteiger partial charge in [0, 0.05) is 14.2 Å². The highest BCUT2D eigenvalue weighted by atomic mass is 28.3. The molecule has 0 aliphatic heterocycles. The standard InChI is InChI=1S/C4H12O2Si/c1-4-7(5-2)6-3/h7H,4H2,1-3H3. The lowest BCUT2D eigenvalue weighted by Gasteiger charge is -2.05. The van der Waals surface area contributed by atoms with Gasteiger partial charge in [0.2, 0.25) is 0 Å². The molecule has 0 rings (SSSR count). The van der Waals surface area contributed by atoms with Crippen molar-refractivity contribution in [3.05, 3.63) is 0 Å². The van der Waals surface area contributed by atoms with Crippen LogP contribution in [0, 0.1) is 0 Å². The van der Waals surface area contributed by atoms with Crippen molar-refractivity contribution in [3.8, 4) is 0 Å². The highest BCUT2D eigenvalue weighted by molar-refractivity contribution is 6.44. The van der Waals surface area contributed by atoms with Crippen molar-refractivity contribution >= 4 is 9.28 Å². The van der Waals surface area contributed by atoms with Gasteiger partial charge in [0.25, 0.3) is 0 Å². The highest BCUT2D eigenvalue weighted by Crippen LogP contribution is 1.89. The molecule has 0 aromatic heterocycles. The van der Waals surface area contributed by atoms with Crippen molar-refractivity contribution in [2.75, 3.05) is 14.2 Å². The summed E-state index contributed by atoms with van der Waals surface area (Å²) in [7, 11) is 2.23. The van der Waals surface area contributed by atoms with Crippen molar-refractivity contribution < 1.29 is 8.85 Å². The monoisotopic (exact) mass is 120 g/mol. The lowest BCUT2D eigenvalue weighted by atomic mass is 11.0. The minimum Gasteiger partial charge on any atom is -0.400 e. The summed E-state index contributed by atoms with van der Waals surface area (Å²) < 4.78 is 9.93. The summed E-state index contributed by atoms with van der Waals surface area (Å²) in [6.45, 7) is 2.07. The van der Waals surface area contributed by atoms with Crippen LogP contribution >= 0.6 is 0 Å². The highest BCUT2D eigenvalue weighted by Gasteiger charge is 2.02. The predicted molar refractivity (Wildman–Crippen MR) is 31.6 cm³/mol. The van der Waals surface area contributed by atoms with Gasteiger partial charge in [0.05, 0.1) is 0 Å². The Morgan fingerprint density at radius 2 is 1.71 bits per heavy atom. The van der Waals surface area contributed by atoms with E-state index >= 15 is 0 Å². The summed E-state index contributed by atoms with van der Waals surface area (Å²) in [4.78, 5) is 0. The topological polar surface area (TPSA) is 18.5 Å². The Kier molecular flexibility index (Phi) is 4.38. The average molecular weight is 120 g/mol. The van der Waals surface area contributed by atoms with Gasteiger partial charge in [-0.25, -0.2) is 0 Å². The van der Waals surface area contributed by atoms with Crippen molar-refractivity contribution in [1.29, 1.82) is 0 Å². The molecule has 0 fully saturated rings. The van der Waals surface area contributed by atoms with Crippen LogP contribution in [0.15, 0.2) is 0 Å². The molecule has 0 aliphatic carbocycles. The van der Waals surface area contributed by atoms with E-state index in [2.05, 4.69) is 6.92 Å². The Balaban J connectivity index is 2.99. The summed E-state index contributed by atoms with van der Waals surface area (Å²) in [5, 5.41) is 0. The summed E-state index contributed by atoms with van der Waals surface area (Å²) >= 11 is 0. The Labute approximate surface area is 46.3 Å². The van der Waals surface area contributed by atoms with Gasteiger partial charge in [-0.3, -0.25) is 0 Å². The normalized spacial score (nSPS) is 10.3. The van der Waals surface area contributed by atoms with E-state index in [1.807, 2.05) is 0 Å². The molecular weight excluding hydrogens is 108 g/mol. The van der Waals surface area contributed by atoms with E-state index in [9.17, 15) is 0 Å². The summed E-state index contributed by atoms with van der Waals surface area (Å²) in [6, 6.07) is 1.05. The molecule has 0 atom stereocenters. The minimum absolute atomic E-state index is 1.05. The molecule has 0 saturated carbocycles. The van der Waals surface area contributed by atoms with Crippen molar-refractivity contribution in [2.45, 2.75) is 13.0 Å². The number of hydrogen-bond donors (Lipinski definition) is 0. The third kappa shape index (κ3) is 2.79. The first kappa shape index (κ1) is 7.14. The number of rotatable bonds is 3. The van der Waals surface area contributed by atoms with Crippen LogP contribution in [-0.2, 0) is 8.85 Å². The molecule has 0 amide bonds. The summed E-state index contributed by atoms with van der Waals surface area (Å²) in [6.07, 6.45) is 0. The predicted octanol–water partition coefficient (Wildman–Crippen LogP) is 0.520.